The maximum atomic E-state index is 12.9. The number of hydrogen-bond donors (Lipinski definition) is 1. The van der Waals surface area contributed by atoms with E-state index in [0.29, 0.717) is 5.56 Å². The minimum absolute atomic E-state index is 0.0626. The van der Waals surface area contributed by atoms with E-state index in [1.54, 1.807) is 6.20 Å². The Bertz CT molecular complexity index is 938. The van der Waals surface area contributed by atoms with Crippen LogP contribution < -0.4 is 5.32 Å². The molecule has 25 heavy (non-hydrogen) atoms. The average Bonchev–Trinajstić information content (AvgIpc) is 3.19. The van der Waals surface area contributed by atoms with E-state index in [9.17, 15) is 4.79 Å². The molecule has 1 amide bonds. The van der Waals surface area contributed by atoms with Gasteiger partial charge in [0.05, 0.1) is 17.1 Å². The van der Waals surface area contributed by atoms with E-state index in [1.807, 2.05) is 30.1 Å². The molecule has 0 aromatic carbocycles. The highest BCUT2D eigenvalue weighted by molar-refractivity contribution is 6.05. The van der Waals surface area contributed by atoms with Crippen molar-refractivity contribution in [1.82, 2.24) is 29.6 Å². The Kier molecular flexibility index (Phi) is 3.78. The zero-order valence-electron chi connectivity index (χ0n) is 14.7. The third-order valence-corrected chi connectivity index (χ3v) is 4.70. The predicted octanol–water partition coefficient (Wildman–Crippen LogP) is 2.26. The van der Waals surface area contributed by atoms with Gasteiger partial charge < -0.3 is 9.88 Å². The van der Waals surface area contributed by atoms with Gasteiger partial charge in [0.15, 0.2) is 5.65 Å². The monoisotopic (exact) mass is 338 g/mol. The lowest BCUT2D eigenvalue weighted by atomic mass is 10.1. The molecule has 0 aliphatic carbocycles. The predicted molar refractivity (Wildman–Crippen MR) is 94.5 cm³/mol. The number of fused-ring (bicyclic) bond motifs is 2. The summed E-state index contributed by atoms with van der Waals surface area (Å²) >= 11 is 0. The summed E-state index contributed by atoms with van der Waals surface area (Å²) in [5, 5.41) is 8.38. The van der Waals surface area contributed by atoms with Gasteiger partial charge in [-0.1, -0.05) is 0 Å². The van der Waals surface area contributed by atoms with E-state index in [0.717, 1.165) is 41.9 Å². The SMILES string of the molecule is Cc1cc(C(=O)NC2CCc3nccn3C2)c2cnn(C(C)C)c2n1. The zero-order valence-corrected chi connectivity index (χ0v) is 14.7. The standard InChI is InChI=1S/C18H22N6O/c1-11(2)24-17-15(9-20-24)14(8-12(3)21-17)18(25)22-13-4-5-16-19-6-7-23(16)10-13/h6-9,11,13H,4-5,10H2,1-3H3,(H,22,25). The van der Waals surface area contributed by atoms with Crippen molar-refractivity contribution in [1.29, 1.82) is 0 Å². The van der Waals surface area contributed by atoms with Crippen LogP contribution in [0.1, 0.15) is 48.2 Å². The van der Waals surface area contributed by atoms with E-state index in [-0.39, 0.29) is 18.0 Å². The lowest BCUT2D eigenvalue weighted by molar-refractivity contribution is 0.0929. The second kappa shape index (κ2) is 5.98. The fourth-order valence-corrected chi connectivity index (χ4v) is 3.46. The molecule has 0 fully saturated rings. The summed E-state index contributed by atoms with van der Waals surface area (Å²) in [5.41, 5.74) is 2.23. The van der Waals surface area contributed by atoms with Gasteiger partial charge in [-0.2, -0.15) is 5.10 Å². The zero-order chi connectivity index (χ0) is 17.6. The topological polar surface area (TPSA) is 77.6 Å². The summed E-state index contributed by atoms with van der Waals surface area (Å²) in [7, 11) is 0. The first kappa shape index (κ1) is 15.8. The molecule has 0 spiro atoms. The van der Waals surface area contributed by atoms with Gasteiger partial charge in [0, 0.05) is 43.1 Å². The van der Waals surface area contributed by atoms with Gasteiger partial charge in [0.2, 0.25) is 0 Å². The summed E-state index contributed by atoms with van der Waals surface area (Å²) in [6, 6.07) is 2.15. The van der Waals surface area contributed by atoms with Gasteiger partial charge in [-0.05, 0) is 33.3 Å². The molecule has 4 rings (SSSR count). The van der Waals surface area contributed by atoms with Crippen molar-refractivity contribution >= 4 is 16.9 Å². The van der Waals surface area contributed by atoms with Crippen LogP contribution in [0, 0.1) is 6.92 Å². The Labute approximate surface area is 146 Å². The molecular formula is C18H22N6O. The number of hydrogen-bond acceptors (Lipinski definition) is 4. The highest BCUT2D eigenvalue weighted by Crippen LogP contribution is 2.22. The van der Waals surface area contributed by atoms with Crippen molar-refractivity contribution in [3.8, 4) is 0 Å². The van der Waals surface area contributed by atoms with Gasteiger partial charge in [-0.3, -0.25) is 4.79 Å². The molecule has 1 aliphatic heterocycles. The van der Waals surface area contributed by atoms with E-state index < -0.39 is 0 Å². The Balaban J connectivity index is 1.62. The largest absolute Gasteiger partial charge is 0.347 e. The molecule has 0 radical (unpaired) electrons. The molecule has 0 saturated heterocycles. The molecule has 0 bridgehead atoms. The Morgan fingerprint density at radius 3 is 3.04 bits per heavy atom. The number of carbonyl (C=O) groups excluding carboxylic acids is 1. The number of imidazole rings is 1. The average molecular weight is 338 g/mol. The molecule has 1 N–H and O–H groups in total. The molecule has 1 aliphatic rings. The lowest BCUT2D eigenvalue weighted by Gasteiger charge is -2.24. The summed E-state index contributed by atoms with van der Waals surface area (Å²) in [6.07, 6.45) is 7.31. The number of rotatable bonds is 3. The number of nitrogens with zero attached hydrogens (tertiary/aromatic N) is 5. The first-order valence-electron chi connectivity index (χ1n) is 8.68. The fourth-order valence-electron chi connectivity index (χ4n) is 3.46. The summed E-state index contributed by atoms with van der Waals surface area (Å²) in [6.45, 7) is 6.79. The van der Waals surface area contributed by atoms with E-state index in [2.05, 4.69) is 38.8 Å². The Morgan fingerprint density at radius 2 is 2.24 bits per heavy atom. The molecular weight excluding hydrogens is 316 g/mol. The van der Waals surface area contributed by atoms with E-state index >= 15 is 0 Å². The maximum absolute atomic E-state index is 12.9. The minimum Gasteiger partial charge on any atom is -0.347 e. The first-order valence-corrected chi connectivity index (χ1v) is 8.68. The fraction of sp³-hybridized carbons (Fsp3) is 0.444. The van der Waals surface area contributed by atoms with Crippen LogP contribution in [-0.4, -0.2) is 36.3 Å². The van der Waals surface area contributed by atoms with Crippen LogP contribution in [0.15, 0.2) is 24.7 Å². The number of amides is 1. The molecule has 3 aromatic heterocycles. The smallest absolute Gasteiger partial charge is 0.252 e. The normalized spacial score (nSPS) is 17.0. The molecule has 3 aromatic rings. The number of pyridine rings is 1. The van der Waals surface area contributed by atoms with Crippen molar-refractivity contribution < 1.29 is 4.79 Å². The summed E-state index contributed by atoms with van der Waals surface area (Å²) in [4.78, 5) is 21.8. The quantitative estimate of drug-likeness (QED) is 0.795. The van der Waals surface area contributed by atoms with Gasteiger partial charge in [-0.15, -0.1) is 0 Å². The van der Waals surface area contributed by atoms with Crippen LogP contribution >= 0.6 is 0 Å². The van der Waals surface area contributed by atoms with Crippen molar-refractivity contribution in [2.45, 2.75) is 52.2 Å². The lowest BCUT2D eigenvalue weighted by Crippen LogP contribution is -2.41. The third-order valence-electron chi connectivity index (χ3n) is 4.70. The highest BCUT2D eigenvalue weighted by Gasteiger charge is 2.23. The molecule has 130 valence electrons. The summed E-state index contributed by atoms with van der Waals surface area (Å²) < 4.78 is 3.97. The van der Waals surface area contributed by atoms with Crippen molar-refractivity contribution in [2.75, 3.05) is 0 Å². The van der Waals surface area contributed by atoms with Gasteiger partial charge in [0.1, 0.15) is 5.82 Å². The van der Waals surface area contributed by atoms with Gasteiger partial charge >= 0.3 is 0 Å². The van der Waals surface area contributed by atoms with Crippen LogP contribution in [0.5, 0.6) is 0 Å². The van der Waals surface area contributed by atoms with Crippen LogP contribution in [0.25, 0.3) is 11.0 Å². The second-order valence-electron chi connectivity index (χ2n) is 6.94. The molecule has 1 unspecified atom stereocenters. The van der Waals surface area contributed by atoms with Crippen molar-refractivity contribution in [2.24, 2.45) is 0 Å². The minimum atomic E-state index is -0.0626. The van der Waals surface area contributed by atoms with Crippen LogP contribution in [0.4, 0.5) is 0 Å². The number of aromatic nitrogens is 5. The third kappa shape index (κ3) is 2.79. The van der Waals surface area contributed by atoms with Crippen molar-refractivity contribution in [3.63, 3.8) is 0 Å². The Morgan fingerprint density at radius 1 is 1.40 bits per heavy atom. The van der Waals surface area contributed by atoms with Crippen LogP contribution in [-0.2, 0) is 13.0 Å². The second-order valence-corrected chi connectivity index (χ2v) is 6.94. The first-order chi connectivity index (χ1) is 12.0. The van der Waals surface area contributed by atoms with E-state index in [1.165, 1.54) is 0 Å². The maximum Gasteiger partial charge on any atom is 0.252 e. The summed E-state index contributed by atoms with van der Waals surface area (Å²) in [5.74, 6) is 1.03. The number of aryl methyl sites for hydroxylation is 2. The number of carbonyl (C=O) groups is 1. The highest BCUT2D eigenvalue weighted by atomic mass is 16.1. The molecule has 1 atom stereocenters. The molecule has 7 nitrogen and oxygen atoms in total. The van der Waals surface area contributed by atoms with Crippen LogP contribution in [0.3, 0.4) is 0 Å². The molecule has 7 heteroatoms. The van der Waals surface area contributed by atoms with Crippen molar-refractivity contribution in [3.05, 3.63) is 41.7 Å². The number of nitrogens with one attached hydrogen (secondary N) is 1. The molecule has 0 saturated carbocycles. The van der Waals surface area contributed by atoms with E-state index in [4.69, 9.17) is 0 Å². The molecule has 4 heterocycles. The van der Waals surface area contributed by atoms with Crippen LogP contribution in [0.2, 0.25) is 0 Å². The Hall–Kier alpha value is -2.70. The van der Waals surface area contributed by atoms with Gasteiger partial charge in [0.25, 0.3) is 5.91 Å². The van der Waals surface area contributed by atoms with Gasteiger partial charge in [-0.25, -0.2) is 14.6 Å².